The molecule has 1 atom stereocenters. The van der Waals surface area contributed by atoms with Crippen LogP contribution in [0, 0.1) is 12.8 Å². The second-order valence-corrected chi connectivity index (χ2v) is 7.10. The van der Waals surface area contributed by atoms with E-state index in [0.717, 1.165) is 12.0 Å². The van der Waals surface area contributed by atoms with E-state index in [1.165, 1.54) is 10.4 Å². The summed E-state index contributed by atoms with van der Waals surface area (Å²) in [4.78, 5) is 31.5. The second-order valence-electron chi connectivity index (χ2n) is 6.10. The average Bonchev–Trinajstić information content (AvgIpc) is 3.15. The summed E-state index contributed by atoms with van der Waals surface area (Å²) in [5, 5.41) is 5.04. The molecule has 0 unspecified atom stereocenters. The SMILES string of the molecule is Cc1ccsc1CCNC(=O)[C@H]1CC(=O)N(Cc2ccncc2)C1. The van der Waals surface area contributed by atoms with Crippen molar-refractivity contribution in [2.45, 2.75) is 26.3 Å². The number of likely N-dealkylation sites (tertiary alicyclic amines) is 1. The molecular weight excluding hydrogens is 322 g/mol. The Morgan fingerprint density at radius 1 is 1.38 bits per heavy atom. The predicted octanol–water partition coefficient (Wildman–Crippen LogP) is 2.16. The standard InChI is InChI=1S/C18H21N3O2S/c1-13-5-9-24-16(13)4-8-20-18(23)15-10-17(22)21(12-15)11-14-2-6-19-7-3-14/h2-3,5-7,9,15H,4,8,10-12H2,1H3,(H,20,23)/t15-/m0/s1. The fraction of sp³-hybridized carbons (Fsp3) is 0.389. The molecule has 0 radical (unpaired) electrons. The summed E-state index contributed by atoms with van der Waals surface area (Å²) in [7, 11) is 0. The molecule has 1 fully saturated rings. The quantitative estimate of drug-likeness (QED) is 0.874. The van der Waals surface area contributed by atoms with Crippen molar-refractivity contribution in [2.24, 2.45) is 5.92 Å². The van der Waals surface area contributed by atoms with Crippen LogP contribution in [0.3, 0.4) is 0 Å². The summed E-state index contributed by atoms with van der Waals surface area (Å²) in [6.45, 7) is 3.74. The first kappa shape index (κ1) is 16.6. The zero-order valence-corrected chi connectivity index (χ0v) is 14.5. The Morgan fingerprint density at radius 2 is 2.17 bits per heavy atom. The molecule has 6 heteroatoms. The number of rotatable bonds is 6. The zero-order chi connectivity index (χ0) is 16.9. The van der Waals surface area contributed by atoms with E-state index in [1.807, 2.05) is 12.1 Å². The number of aryl methyl sites for hydroxylation is 1. The number of nitrogens with zero attached hydrogens (tertiary/aromatic N) is 2. The highest BCUT2D eigenvalue weighted by Crippen LogP contribution is 2.20. The fourth-order valence-electron chi connectivity index (χ4n) is 2.91. The molecule has 24 heavy (non-hydrogen) atoms. The first-order valence-corrected chi connectivity index (χ1v) is 8.99. The Kier molecular flexibility index (Phi) is 5.25. The van der Waals surface area contributed by atoms with E-state index in [9.17, 15) is 9.59 Å². The van der Waals surface area contributed by atoms with E-state index in [1.54, 1.807) is 28.6 Å². The first-order chi connectivity index (χ1) is 11.6. The van der Waals surface area contributed by atoms with Crippen LogP contribution < -0.4 is 5.32 Å². The highest BCUT2D eigenvalue weighted by atomic mass is 32.1. The molecule has 5 nitrogen and oxygen atoms in total. The van der Waals surface area contributed by atoms with Gasteiger partial charge in [0.1, 0.15) is 0 Å². The lowest BCUT2D eigenvalue weighted by molar-refractivity contribution is -0.129. The van der Waals surface area contributed by atoms with Gasteiger partial charge in [-0.1, -0.05) is 0 Å². The number of nitrogens with one attached hydrogen (secondary N) is 1. The number of carbonyl (C=O) groups is 2. The lowest BCUT2D eigenvalue weighted by Gasteiger charge is -2.16. The Labute approximate surface area is 145 Å². The van der Waals surface area contributed by atoms with Gasteiger partial charge in [0.25, 0.3) is 0 Å². The molecule has 0 saturated carbocycles. The maximum atomic E-state index is 12.3. The molecule has 0 bridgehead atoms. The molecule has 1 aliphatic rings. The van der Waals surface area contributed by atoms with Gasteiger partial charge in [0.15, 0.2) is 0 Å². The number of pyridine rings is 1. The molecule has 1 saturated heterocycles. The number of thiophene rings is 1. The summed E-state index contributed by atoms with van der Waals surface area (Å²) in [5.74, 6) is -0.223. The van der Waals surface area contributed by atoms with Crippen molar-refractivity contribution < 1.29 is 9.59 Å². The molecule has 1 aliphatic heterocycles. The number of amides is 2. The third kappa shape index (κ3) is 4.00. The topological polar surface area (TPSA) is 62.3 Å². The van der Waals surface area contributed by atoms with Gasteiger partial charge in [0.05, 0.1) is 5.92 Å². The van der Waals surface area contributed by atoms with Crippen molar-refractivity contribution in [3.8, 4) is 0 Å². The summed E-state index contributed by atoms with van der Waals surface area (Å²) in [6.07, 6.45) is 4.57. The largest absolute Gasteiger partial charge is 0.355 e. The van der Waals surface area contributed by atoms with Crippen molar-refractivity contribution in [1.82, 2.24) is 15.2 Å². The lowest BCUT2D eigenvalue weighted by Crippen LogP contribution is -2.34. The second kappa shape index (κ2) is 7.57. The van der Waals surface area contributed by atoms with Crippen molar-refractivity contribution in [2.75, 3.05) is 13.1 Å². The maximum absolute atomic E-state index is 12.3. The van der Waals surface area contributed by atoms with E-state index < -0.39 is 0 Å². The van der Waals surface area contributed by atoms with E-state index in [-0.39, 0.29) is 17.7 Å². The molecule has 2 aromatic heterocycles. The van der Waals surface area contributed by atoms with Gasteiger partial charge >= 0.3 is 0 Å². The molecule has 3 rings (SSSR count). The van der Waals surface area contributed by atoms with Crippen LogP contribution in [0.2, 0.25) is 0 Å². The van der Waals surface area contributed by atoms with Gasteiger partial charge in [-0.2, -0.15) is 0 Å². The van der Waals surface area contributed by atoms with Gasteiger partial charge in [0, 0.05) is 43.3 Å². The van der Waals surface area contributed by atoms with Gasteiger partial charge in [-0.25, -0.2) is 0 Å². The van der Waals surface area contributed by atoms with Gasteiger partial charge in [-0.15, -0.1) is 11.3 Å². The Balaban J connectivity index is 1.48. The van der Waals surface area contributed by atoms with Crippen LogP contribution in [0.4, 0.5) is 0 Å². The number of aromatic nitrogens is 1. The third-order valence-electron chi connectivity index (χ3n) is 4.33. The number of hydrogen-bond acceptors (Lipinski definition) is 4. The minimum atomic E-state index is -0.247. The minimum Gasteiger partial charge on any atom is -0.355 e. The molecule has 3 heterocycles. The van der Waals surface area contributed by atoms with Gasteiger partial charge in [0.2, 0.25) is 11.8 Å². The van der Waals surface area contributed by atoms with Crippen molar-refractivity contribution in [1.29, 1.82) is 0 Å². The monoisotopic (exact) mass is 343 g/mol. The van der Waals surface area contributed by atoms with E-state index >= 15 is 0 Å². The Bertz CT molecular complexity index is 714. The molecule has 0 aromatic carbocycles. The van der Waals surface area contributed by atoms with Crippen molar-refractivity contribution >= 4 is 23.2 Å². The summed E-state index contributed by atoms with van der Waals surface area (Å²) >= 11 is 1.72. The summed E-state index contributed by atoms with van der Waals surface area (Å²) < 4.78 is 0. The third-order valence-corrected chi connectivity index (χ3v) is 5.41. The molecular formula is C18H21N3O2S. The van der Waals surface area contributed by atoms with Crippen molar-refractivity contribution in [3.05, 3.63) is 52.0 Å². The van der Waals surface area contributed by atoms with Gasteiger partial charge in [-0.05, 0) is 48.1 Å². The van der Waals surface area contributed by atoms with Gasteiger partial charge < -0.3 is 10.2 Å². The molecule has 126 valence electrons. The van der Waals surface area contributed by atoms with E-state index in [2.05, 4.69) is 28.7 Å². The van der Waals surface area contributed by atoms with Crippen LogP contribution in [-0.2, 0) is 22.6 Å². The smallest absolute Gasteiger partial charge is 0.225 e. The molecule has 2 aromatic rings. The van der Waals surface area contributed by atoms with Gasteiger partial charge in [-0.3, -0.25) is 14.6 Å². The van der Waals surface area contributed by atoms with E-state index in [0.29, 0.717) is 26.1 Å². The van der Waals surface area contributed by atoms with Crippen LogP contribution >= 0.6 is 11.3 Å². The normalized spacial score (nSPS) is 17.3. The predicted molar refractivity (Wildman–Crippen MR) is 93.5 cm³/mol. The Hall–Kier alpha value is -2.21. The van der Waals surface area contributed by atoms with Crippen LogP contribution in [0.1, 0.15) is 22.4 Å². The van der Waals surface area contributed by atoms with Crippen LogP contribution in [0.25, 0.3) is 0 Å². The first-order valence-electron chi connectivity index (χ1n) is 8.11. The van der Waals surface area contributed by atoms with Crippen LogP contribution in [0.5, 0.6) is 0 Å². The highest BCUT2D eigenvalue weighted by Gasteiger charge is 2.33. The van der Waals surface area contributed by atoms with Crippen LogP contribution in [-0.4, -0.2) is 34.8 Å². The molecule has 2 amide bonds. The molecule has 0 spiro atoms. The summed E-state index contributed by atoms with van der Waals surface area (Å²) in [6, 6.07) is 5.88. The highest BCUT2D eigenvalue weighted by molar-refractivity contribution is 7.10. The average molecular weight is 343 g/mol. The van der Waals surface area contributed by atoms with Crippen molar-refractivity contribution in [3.63, 3.8) is 0 Å². The minimum absolute atomic E-state index is 0.0187. The zero-order valence-electron chi connectivity index (χ0n) is 13.7. The summed E-state index contributed by atoms with van der Waals surface area (Å²) in [5.41, 5.74) is 2.31. The van der Waals surface area contributed by atoms with Crippen LogP contribution in [0.15, 0.2) is 36.0 Å². The number of carbonyl (C=O) groups excluding carboxylic acids is 2. The molecule has 1 N–H and O–H groups in total. The maximum Gasteiger partial charge on any atom is 0.225 e. The molecule has 0 aliphatic carbocycles. The number of hydrogen-bond donors (Lipinski definition) is 1. The fourth-order valence-corrected chi connectivity index (χ4v) is 3.82. The lowest BCUT2D eigenvalue weighted by atomic mass is 10.1. The van der Waals surface area contributed by atoms with E-state index in [4.69, 9.17) is 0 Å². The Morgan fingerprint density at radius 3 is 2.88 bits per heavy atom.